The summed E-state index contributed by atoms with van der Waals surface area (Å²) in [7, 11) is 0. The van der Waals surface area contributed by atoms with E-state index in [-0.39, 0.29) is 10.8 Å². The Kier molecular flexibility index (Phi) is 7.67. The molecular weight excluding hydrogens is 492 g/mol. The van der Waals surface area contributed by atoms with Gasteiger partial charge >= 0.3 is 0 Å². The van der Waals surface area contributed by atoms with Crippen LogP contribution in [0.2, 0.25) is 0 Å². The van der Waals surface area contributed by atoms with Crippen LogP contribution in [0, 0.1) is 11.8 Å². The molecule has 2 aliphatic rings. The van der Waals surface area contributed by atoms with Gasteiger partial charge in [-0.1, -0.05) is 160 Å². The van der Waals surface area contributed by atoms with Gasteiger partial charge < -0.3 is 0 Å². The second-order valence-electron chi connectivity index (χ2n) is 12.6. The van der Waals surface area contributed by atoms with E-state index in [0.29, 0.717) is 5.92 Å². The fraction of sp³-hybridized carbons (Fsp3) is 0.268. The first kappa shape index (κ1) is 27.3. The van der Waals surface area contributed by atoms with E-state index in [1.807, 2.05) is 0 Å². The van der Waals surface area contributed by atoms with Crippen LogP contribution in [-0.2, 0) is 17.3 Å². The Morgan fingerprint density at radius 1 is 0.537 bits per heavy atom. The third-order valence-electron chi connectivity index (χ3n) is 10.1. The standard InChI is InChI=1S/C28H32.C13H10/c1-22(2)23-19-20-27(3,24-13-7-4-8-14-24)28(21-23,25-15-9-5-10-16-25)26-17-11-6-12-18-26;1-3-7-12-10(5-1)9-11-6-2-4-8-13(11)12/h4-18,22-23H,19-21H2,1-3H3;1-8H,9H2. The zero-order valence-corrected chi connectivity index (χ0v) is 24.8. The summed E-state index contributed by atoms with van der Waals surface area (Å²) >= 11 is 0. The highest BCUT2D eigenvalue weighted by molar-refractivity contribution is 5.76. The first-order chi connectivity index (χ1) is 20.0. The first-order valence-electron chi connectivity index (χ1n) is 15.4. The summed E-state index contributed by atoms with van der Waals surface area (Å²) in [4.78, 5) is 0. The predicted molar refractivity (Wildman–Crippen MR) is 174 cm³/mol. The minimum absolute atomic E-state index is 0.0237. The van der Waals surface area contributed by atoms with Gasteiger partial charge in [-0.2, -0.15) is 0 Å². The topological polar surface area (TPSA) is 0 Å². The van der Waals surface area contributed by atoms with Crippen molar-refractivity contribution < 1.29 is 0 Å². The molecule has 41 heavy (non-hydrogen) atoms. The summed E-state index contributed by atoms with van der Waals surface area (Å²) < 4.78 is 0. The summed E-state index contributed by atoms with van der Waals surface area (Å²) in [5, 5.41) is 0. The minimum atomic E-state index is -0.0237. The first-order valence-corrected chi connectivity index (χ1v) is 15.4. The Hall–Kier alpha value is -3.90. The molecule has 0 aromatic heterocycles. The van der Waals surface area contributed by atoms with Crippen molar-refractivity contribution in [2.24, 2.45) is 11.8 Å². The van der Waals surface area contributed by atoms with Crippen LogP contribution in [0.15, 0.2) is 140 Å². The summed E-state index contributed by atoms with van der Waals surface area (Å²) in [5.74, 6) is 1.43. The molecule has 0 amide bonds. The van der Waals surface area contributed by atoms with Crippen LogP contribution in [0.3, 0.4) is 0 Å². The number of rotatable bonds is 4. The normalized spacial score (nSPS) is 20.4. The zero-order valence-electron chi connectivity index (χ0n) is 24.8. The SMILES string of the molecule is CC(C)C1CCC(C)(c2ccccc2)C(c2ccccc2)(c2ccccc2)C1.c1ccc2c(c1)Cc1ccccc1-2. The maximum atomic E-state index is 2.51. The minimum Gasteiger partial charge on any atom is -0.0625 e. The van der Waals surface area contributed by atoms with E-state index in [4.69, 9.17) is 0 Å². The van der Waals surface area contributed by atoms with Crippen molar-refractivity contribution in [2.45, 2.75) is 57.3 Å². The highest BCUT2D eigenvalue weighted by Gasteiger charge is 2.54. The smallest absolute Gasteiger partial charge is 0.0299 e. The van der Waals surface area contributed by atoms with Gasteiger partial charge in [-0.25, -0.2) is 0 Å². The Morgan fingerprint density at radius 3 is 1.41 bits per heavy atom. The lowest BCUT2D eigenvalue weighted by Gasteiger charge is -2.56. The van der Waals surface area contributed by atoms with Crippen molar-refractivity contribution in [3.8, 4) is 11.1 Å². The molecular formula is C41H42. The maximum Gasteiger partial charge on any atom is 0.0299 e. The van der Waals surface area contributed by atoms with Crippen molar-refractivity contribution in [3.63, 3.8) is 0 Å². The Bertz CT molecular complexity index is 1480. The van der Waals surface area contributed by atoms with E-state index >= 15 is 0 Å². The molecule has 2 atom stereocenters. The quantitative estimate of drug-likeness (QED) is 0.211. The summed E-state index contributed by atoms with van der Waals surface area (Å²) in [5.41, 5.74) is 10.2. The van der Waals surface area contributed by atoms with Gasteiger partial charge in [0.25, 0.3) is 0 Å². The molecule has 0 saturated heterocycles. The summed E-state index contributed by atoms with van der Waals surface area (Å²) in [6.45, 7) is 7.31. The van der Waals surface area contributed by atoms with Crippen molar-refractivity contribution in [1.82, 2.24) is 0 Å². The second-order valence-corrected chi connectivity index (χ2v) is 12.6. The van der Waals surface area contributed by atoms with Gasteiger partial charge in [0, 0.05) is 10.8 Å². The summed E-state index contributed by atoms with van der Waals surface area (Å²) in [6.07, 6.45) is 4.81. The number of fused-ring (bicyclic) bond motifs is 3. The van der Waals surface area contributed by atoms with Gasteiger partial charge in [-0.05, 0) is 76.5 Å². The van der Waals surface area contributed by atoms with Crippen LogP contribution >= 0.6 is 0 Å². The molecule has 2 aliphatic carbocycles. The van der Waals surface area contributed by atoms with E-state index in [0.717, 1.165) is 12.3 Å². The zero-order chi connectivity index (χ0) is 28.3. The monoisotopic (exact) mass is 534 g/mol. The van der Waals surface area contributed by atoms with E-state index in [1.54, 1.807) is 0 Å². The molecule has 7 rings (SSSR count). The van der Waals surface area contributed by atoms with E-state index in [2.05, 4.69) is 160 Å². The van der Waals surface area contributed by atoms with Crippen molar-refractivity contribution in [1.29, 1.82) is 0 Å². The lowest BCUT2D eigenvalue weighted by Crippen LogP contribution is -2.53. The number of hydrogen-bond acceptors (Lipinski definition) is 0. The van der Waals surface area contributed by atoms with Gasteiger partial charge in [0.15, 0.2) is 0 Å². The van der Waals surface area contributed by atoms with Gasteiger partial charge in [0.05, 0.1) is 0 Å². The lowest BCUT2D eigenvalue weighted by atomic mass is 9.47. The van der Waals surface area contributed by atoms with Crippen LogP contribution in [0.1, 0.15) is 67.9 Å². The fourth-order valence-corrected chi connectivity index (χ4v) is 7.74. The van der Waals surface area contributed by atoms with Crippen molar-refractivity contribution >= 4 is 0 Å². The molecule has 5 aromatic rings. The van der Waals surface area contributed by atoms with E-state index in [9.17, 15) is 0 Å². The molecule has 0 nitrogen and oxygen atoms in total. The largest absolute Gasteiger partial charge is 0.0625 e. The van der Waals surface area contributed by atoms with Crippen LogP contribution in [0.5, 0.6) is 0 Å². The lowest BCUT2D eigenvalue weighted by molar-refractivity contribution is 0.117. The third kappa shape index (κ3) is 4.95. The average molecular weight is 535 g/mol. The second kappa shape index (κ2) is 11.5. The van der Waals surface area contributed by atoms with Gasteiger partial charge in [0.1, 0.15) is 0 Å². The molecule has 2 unspecified atom stereocenters. The van der Waals surface area contributed by atoms with Gasteiger partial charge in [-0.3, -0.25) is 0 Å². The molecule has 0 heteroatoms. The predicted octanol–water partition coefficient (Wildman–Crippen LogP) is 10.6. The van der Waals surface area contributed by atoms with Crippen molar-refractivity contribution in [2.75, 3.05) is 0 Å². The molecule has 206 valence electrons. The fourth-order valence-electron chi connectivity index (χ4n) is 7.74. The molecule has 1 saturated carbocycles. The van der Waals surface area contributed by atoms with Crippen molar-refractivity contribution in [3.05, 3.63) is 167 Å². The highest BCUT2D eigenvalue weighted by Crippen LogP contribution is 2.59. The highest BCUT2D eigenvalue weighted by atomic mass is 14.6. The van der Waals surface area contributed by atoms with E-state index < -0.39 is 0 Å². The Labute approximate surface area is 247 Å². The van der Waals surface area contributed by atoms with Crippen LogP contribution in [0.25, 0.3) is 11.1 Å². The molecule has 0 bridgehead atoms. The van der Waals surface area contributed by atoms with Crippen LogP contribution < -0.4 is 0 Å². The molecule has 1 fully saturated rings. The van der Waals surface area contributed by atoms with Crippen LogP contribution in [0.4, 0.5) is 0 Å². The average Bonchev–Trinajstić information content (AvgIpc) is 3.42. The van der Waals surface area contributed by atoms with Gasteiger partial charge in [-0.15, -0.1) is 0 Å². The molecule has 0 aliphatic heterocycles. The molecule has 0 radical (unpaired) electrons. The summed E-state index contributed by atoms with van der Waals surface area (Å²) in [6, 6.07) is 51.1. The number of benzene rings is 5. The van der Waals surface area contributed by atoms with Gasteiger partial charge in [0.2, 0.25) is 0 Å². The third-order valence-corrected chi connectivity index (χ3v) is 10.1. The molecule has 0 spiro atoms. The van der Waals surface area contributed by atoms with E-state index in [1.165, 1.54) is 58.2 Å². The molecule has 0 N–H and O–H groups in total. The number of hydrogen-bond donors (Lipinski definition) is 0. The van der Waals surface area contributed by atoms with Crippen LogP contribution in [-0.4, -0.2) is 0 Å². The Balaban J connectivity index is 0.000000192. The maximum absolute atomic E-state index is 2.51. The molecule has 5 aromatic carbocycles. The molecule has 0 heterocycles. The Morgan fingerprint density at radius 2 is 0.951 bits per heavy atom.